The van der Waals surface area contributed by atoms with E-state index in [1.54, 1.807) is 0 Å². The zero-order valence-corrected chi connectivity index (χ0v) is 29.3. The van der Waals surface area contributed by atoms with Crippen LogP contribution in [0.5, 0.6) is 0 Å². The fraction of sp³-hybridized carbons (Fsp3) is 0.234. The van der Waals surface area contributed by atoms with Crippen molar-refractivity contribution in [1.29, 1.82) is 0 Å². The summed E-state index contributed by atoms with van der Waals surface area (Å²) in [6.45, 7) is 9.00. The molecule has 0 atom stereocenters. The molecule has 2 nitrogen and oxygen atoms in total. The van der Waals surface area contributed by atoms with E-state index in [-0.39, 0.29) is 5.41 Å². The Hall–Kier alpha value is -5.08. The Balaban J connectivity index is 1.34. The molecule has 244 valence electrons. The molecule has 1 heterocycles. The molecule has 0 aliphatic heterocycles. The molecule has 0 saturated carbocycles. The number of rotatable bonds is 10. The highest BCUT2D eigenvalue weighted by atomic mass is 15.1. The van der Waals surface area contributed by atoms with E-state index in [0.717, 1.165) is 12.8 Å². The molecule has 0 radical (unpaired) electrons. The average molecular weight is 639 g/mol. The Morgan fingerprint density at radius 3 is 1.51 bits per heavy atom. The van der Waals surface area contributed by atoms with Gasteiger partial charge in [-0.1, -0.05) is 123 Å². The minimum Gasteiger partial charge on any atom is -0.310 e. The van der Waals surface area contributed by atoms with Gasteiger partial charge in [0.15, 0.2) is 0 Å². The molecule has 0 bridgehead atoms. The van der Waals surface area contributed by atoms with E-state index in [1.807, 2.05) is 0 Å². The van der Waals surface area contributed by atoms with Crippen LogP contribution < -0.4 is 4.90 Å². The molecule has 0 saturated heterocycles. The number of aromatic nitrogens is 1. The van der Waals surface area contributed by atoms with E-state index in [9.17, 15) is 0 Å². The summed E-state index contributed by atoms with van der Waals surface area (Å²) >= 11 is 0. The monoisotopic (exact) mass is 638 g/mol. The molecule has 0 spiro atoms. The maximum atomic E-state index is 2.55. The zero-order valence-electron chi connectivity index (χ0n) is 29.3. The second kappa shape index (κ2) is 12.7. The summed E-state index contributed by atoms with van der Waals surface area (Å²) in [7, 11) is 0. The summed E-state index contributed by atoms with van der Waals surface area (Å²) in [5.41, 5.74) is 15.7. The standard InChI is InChI=1S/C47H46N2/c1-5-7-29-47(30-8-6-2)43-31-37(48(35-21-17-33(3)18-22-35)36-23-19-34(4)20-24-36)25-27-39(43)40-28-26-38(32-44(40)47)49-45-15-11-9-13-41(45)42-14-10-12-16-46(42)49/h9-28,31-32H,5-8,29-30H2,1-4H3. The van der Waals surface area contributed by atoms with Crippen molar-refractivity contribution in [1.82, 2.24) is 4.57 Å². The van der Waals surface area contributed by atoms with Gasteiger partial charge in [0.25, 0.3) is 0 Å². The molecule has 1 aliphatic carbocycles. The van der Waals surface area contributed by atoms with Gasteiger partial charge < -0.3 is 9.47 Å². The third-order valence-electron chi connectivity index (χ3n) is 10.9. The molecular formula is C47H46N2. The molecule has 7 aromatic rings. The number of unbranched alkanes of at least 4 members (excludes halogenated alkanes) is 2. The highest BCUT2D eigenvalue weighted by Gasteiger charge is 2.43. The predicted octanol–water partition coefficient (Wildman–Crippen LogP) is 13.5. The van der Waals surface area contributed by atoms with Crippen LogP contribution in [0.1, 0.15) is 74.6 Å². The lowest BCUT2D eigenvalue weighted by Gasteiger charge is -2.34. The van der Waals surface area contributed by atoms with Gasteiger partial charge in [0.05, 0.1) is 11.0 Å². The average Bonchev–Trinajstić information content (AvgIpc) is 3.61. The van der Waals surface area contributed by atoms with Crippen molar-refractivity contribution in [3.05, 3.63) is 156 Å². The molecule has 2 heteroatoms. The molecule has 0 amide bonds. The number of hydrogen-bond donors (Lipinski definition) is 0. The van der Waals surface area contributed by atoms with Crippen LogP contribution in [0.2, 0.25) is 0 Å². The minimum absolute atomic E-state index is 0.0479. The Kier molecular flexibility index (Phi) is 8.12. The van der Waals surface area contributed by atoms with E-state index in [4.69, 9.17) is 0 Å². The molecule has 1 aromatic heterocycles. The molecule has 8 rings (SSSR count). The highest BCUT2D eigenvalue weighted by molar-refractivity contribution is 6.09. The Bertz CT molecular complexity index is 2160. The maximum Gasteiger partial charge on any atom is 0.0541 e. The largest absolute Gasteiger partial charge is 0.310 e. The molecular weight excluding hydrogens is 593 g/mol. The summed E-state index contributed by atoms with van der Waals surface area (Å²) in [4.78, 5) is 2.44. The van der Waals surface area contributed by atoms with E-state index in [2.05, 4.69) is 171 Å². The molecule has 0 N–H and O–H groups in total. The van der Waals surface area contributed by atoms with Gasteiger partial charge in [0.2, 0.25) is 0 Å². The fourth-order valence-electron chi connectivity index (χ4n) is 8.41. The molecule has 49 heavy (non-hydrogen) atoms. The number of anilines is 3. The summed E-state index contributed by atoms with van der Waals surface area (Å²) in [6.07, 6.45) is 7.07. The second-order valence-corrected chi connectivity index (χ2v) is 14.1. The summed E-state index contributed by atoms with van der Waals surface area (Å²) in [5, 5.41) is 2.61. The first-order chi connectivity index (χ1) is 24.0. The number of aryl methyl sites for hydroxylation is 2. The van der Waals surface area contributed by atoms with Crippen LogP contribution in [0, 0.1) is 13.8 Å². The van der Waals surface area contributed by atoms with Crippen LogP contribution in [-0.2, 0) is 5.41 Å². The van der Waals surface area contributed by atoms with Crippen LogP contribution in [-0.4, -0.2) is 4.57 Å². The number of para-hydroxylation sites is 2. The van der Waals surface area contributed by atoms with Crippen molar-refractivity contribution in [2.24, 2.45) is 0 Å². The molecule has 0 fully saturated rings. The van der Waals surface area contributed by atoms with Gasteiger partial charge in [-0.2, -0.15) is 0 Å². The van der Waals surface area contributed by atoms with Crippen LogP contribution in [0.15, 0.2) is 133 Å². The Morgan fingerprint density at radius 2 is 0.980 bits per heavy atom. The lowest BCUT2D eigenvalue weighted by Crippen LogP contribution is -2.26. The normalized spacial score (nSPS) is 13.1. The number of hydrogen-bond acceptors (Lipinski definition) is 1. The molecule has 0 unspecified atom stereocenters. The first-order valence-corrected chi connectivity index (χ1v) is 18.2. The first-order valence-electron chi connectivity index (χ1n) is 18.2. The fourth-order valence-corrected chi connectivity index (χ4v) is 8.41. The zero-order chi connectivity index (χ0) is 33.5. The number of fused-ring (bicyclic) bond motifs is 6. The lowest BCUT2D eigenvalue weighted by atomic mass is 9.70. The number of benzene rings is 6. The van der Waals surface area contributed by atoms with Gasteiger partial charge in [0.1, 0.15) is 0 Å². The third-order valence-corrected chi connectivity index (χ3v) is 10.9. The second-order valence-electron chi connectivity index (χ2n) is 14.1. The first kappa shape index (κ1) is 31.2. The van der Waals surface area contributed by atoms with E-state index < -0.39 is 0 Å². The van der Waals surface area contributed by atoms with Crippen molar-refractivity contribution in [2.45, 2.75) is 71.6 Å². The maximum absolute atomic E-state index is 2.55. The van der Waals surface area contributed by atoms with Gasteiger partial charge >= 0.3 is 0 Å². The summed E-state index contributed by atoms with van der Waals surface area (Å²) < 4.78 is 2.49. The Morgan fingerprint density at radius 1 is 0.510 bits per heavy atom. The quantitative estimate of drug-likeness (QED) is 0.145. The van der Waals surface area contributed by atoms with Gasteiger partial charge in [-0.25, -0.2) is 0 Å². The minimum atomic E-state index is -0.0479. The van der Waals surface area contributed by atoms with Gasteiger partial charge in [-0.3, -0.25) is 0 Å². The SMILES string of the molecule is CCCCC1(CCCC)c2cc(N(c3ccc(C)cc3)c3ccc(C)cc3)ccc2-c2ccc(-n3c4ccccc4c4ccccc43)cc21. The molecule has 6 aromatic carbocycles. The predicted molar refractivity (Wildman–Crippen MR) is 210 cm³/mol. The molecule has 1 aliphatic rings. The van der Waals surface area contributed by atoms with E-state index in [0.29, 0.717) is 0 Å². The van der Waals surface area contributed by atoms with Crippen LogP contribution in [0.4, 0.5) is 17.1 Å². The van der Waals surface area contributed by atoms with Gasteiger partial charge in [0, 0.05) is 38.9 Å². The van der Waals surface area contributed by atoms with Crippen molar-refractivity contribution in [3.63, 3.8) is 0 Å². The van der Waals surface area contributed by atoms with E-state index >= 15 is 0 Å². The van der Waals surface area contributed by atoms with Gasteiger partial charge in [-0.15, -0.1) is 0 Å². The van der Waals surface area contributed by atoms with Crippen LogP contribution >= 0.6 is 0 Å². The third kappa shape index (κ3) is 5.26. The van der Waals surface area contributed by atoms with E-state index in [1.165, 1.54) is 104 Å². The number of nitrogens with zero attached hydrogens (tertiary/aromatic N) is 2. The smallest absolute Gasteiger partial charge is 0.0541 e. The topological polar surface area (TPSA) is 8.17 Å². The lowest BCUT2D eigenvalue weighted by molar-refractivity contribution is 0.414. The van der Waals surface area contributed by atoms with Crippen LogP contribution in [0.25, 0.3) is 38.6 Å². The Labute approximate surface area is 291 Å². The van der Waals surface area contributed by atoms with Gasteiger partial charge in [-0.05, 0) is 110 Å². The van der Waals surface area contributed by atoms with Crippen molar-refractivity contribution >= 4 is 38.9 Å². The van der Waals surface area contributed by atoms with Crippen molar-refractivity contribution < 1.29 is 0 Å². The van der Waals surface area contributed by atoms with Crippen LogP contribution in [0.3, 0.4) is 0 Å². The summed E-state index contributed by atoms with van der Waals surface area (Å²) in [5.74, 6) is 0. The summed E-state index contributed by atoms with van der Waals surface area (Å²) in [6, 6.07) is 50.3. The van der Waals surface area contributed by atoms with Crippen molar-refractivity contribution in [2.75, 3.05) is 4.90 Å². The highest BCUT2D eigenvalue weighted by Crippen LogP contribution is 2.56. The van der Waals surface area contributed by atoms with Crippen molar-refractivity contribution in [3.8, 4) is 16.8 Å².